The predicted molar refractivity (Wildman–Crippen MR) is 75.6 cm³/mol. The van der Waals surface area contributed by atoms with Crippen LogP contribution in [0.2, 0.25) is 10.0 Å². The van der Waals surface area contributed by atoms with E-state index in [9.17, 15) is 4.79 Å². The number of amides is 1. The van der Waals surface area contributed by atoms with Crippen LogP contribution in [0.5, 0.6) is 0 Å². The van der Waals surface area contributed by atoms with E-state index < -0.39 is 0 Å². The molecule has 0 spiro atoms. The van der Waals surface area contributed by atoms with Gasteiger partial charge in [0.05, 0.1) is 16.6 Å². The minimum atomic E-state index is -0.0622. The minimum absolute atomic E-state index is 0.0622. The molecule has 0 saturated heterocycles. The van der Waals surface area contributed by atoms with E-state index in [0.717, 1.165) is 0 Å². The normalized spacial score (nSPS) is 10.1. The fourth-order valence-corrected chi connectivity index (χ4v) is 1.69. The van der Waals surface area contributed by atoms with Crippen molar-refractivity contribution in [3.05, 3.63) is 16.1 Å². The summed E-state index contributed by atoms with van der Waals surface area (Å²) >= 11 is 12.0. The van der Waals surface area contributed by atoms with Gasteiger partial charge in [0.2, 0.25) is 5.91 Å². The maximum absolute atomic E-state index is 11.5. The largest absolute Gasteiger partial charge is 0.369 e. The topological polar surface area (TPSA) is 57.3 Å². The molecule has 0 fully saturated rings. The molecule has 0 radical (unpaired) electrons. The summed E-state index contributed by atoms with van der Waals surface area (Å²) in [5.41, 5.74) is 0. The van der Waals surface area contributed by atoms with Crippen molar-refractivity contribution in [1.82, 2.24) is 9.88 Å². The van der Waals surface area contributed by atoms with Gasteiger partial charge in [0.15, 0.2) is 0 Å². The van der Waals surface area contributed by atoms with Gasteiger partial charge in [0.25, 0.3) is 0 Å². The molecule has 0 atom stereocenters. The van der Waals surface area contributed by atoms with Crippen molar-refractivity contribution in [1.29, 1.82) is 0 Å². The molecule has 1 amide bonds. The number of pyridine rings is 1. The Morgan fingerprint density at radius 2 is 1.83 bits per heavy atom. The number of carbonyl (C=O) groups excluding carboxylic acids is 1. The Kier molecular flexibility index (Phi) is 5.50. The molecule has 0 unspecified atom stereocenters. The Balaban J connectivity index is 2.82. The first-order valence-electron chi connectivity index (χ1n) is 5.49. The second-order valence-corrected chi connectivity index (χ2v) is 4.64. The second kappa shape index (κ2) is 6.66. The van der Waals surface area contributed by atoms with Crippen LogP contribution in [0.1, 0.15) is 6.92 Å². The molecular weight excluding hydrogens is 275 g/mol. The second-order valence-electron chi connectivity index (χ2n) is 3.82. The molecule has 0 aliphatic rings. The van der Waals surface area contributed by atoms with Gasteiger partial charge in [-0.15, -0.1) is 0 Å². The van der Waals surface area contributed by atoms with Crippen LogP contribution in [-0.4, -0.2) is 43.0 Å². The van der Waals surface area contributed by atoms with Gasteiger partial charge in [-0.3, -0.25) is 4.79 Å². The highest BCUT2D eigenvalue weighted by molar-refractivity contribution is 6.37. The summed E-state index contributed by atoms with van der Waals surface area (Å²) < 4.78 is 0. The van der Waals surface area contributed by atoms with E-state index in [-0.39, 0.29) is 12.5 Å². The zero-order valence-corrected chi connectivity index (χ0v) is 12.1. The minimum Gasteiger partial charge on any atom is -0.369 e. The molecular formula is C11H16Cl2N4O. The molecule has 7 heteroatoms. The van der Waals surface area contributed by atoms with Gasteiger partial charge in [-0.05, 0) is 13.0 Å². The third-order valence-electron chi connectivity index (χ3n) is 2.18. The van der Waals surface area contributed by atoms with Crippen LogP contribution in [0.4, 0.5) is 11.6 Å². The lowest BCUT2D eigenvalue weighted by molar-refractivity contribution is -0.126. The summed E-state index contributed by atoms with van der Waals surface area (Å²) in [5.74, 6) is 0.920. The van der Waals surface area contributed by atoms with Gasteiger partial charge < -0.3 is 15.5 Å². The van der Waals surface area contributed by atoms with E-state index in [0.29, 0.717) is 28.2 Å². The van der Waals surface area contributed by atoms with Crippen LogP contribution < -0.4 is 10.6 Å². The van der Waals surface area contributed by atoms with Crippen LogP contribution in [0, 0.1) is 0 Å². The molecule has 5 nitrogen and oxygen atoms in total. The highest BCUT2D eigenvalue weighted by Gasteiger charge is 2.10. The monoisotopic (exact) mass is 290 g/mol. The zero-order chi connectivity index (χ0) is 13.7. The molecule has 0 aliphatic heterocycles. The Bertz CT molecular complexity index is 437. The molecule has 0 saturated carbocycles. The Morgan fingerprint density at radius 1 is 1.28 bits per heavy atom. The van der Waals surface area contributed by atoms with E-state index in [2.05, 4.69) is 15.6 Å². The third-order valence-corrected chi connectivity index (χ3v) is 2.76. The number of carbonyl (C=O) groups is 1. The summed E-state index contributed by atoms with van der Waals surface area (Å²) in [5, 5.41) is 6.74. The van der Waals surface area contributed by atoms with Crippen molar-refractivity contribution < 1.29 is 4.79 Å². The predicted octanol–water partition coefficient (Wildman–Crippen LogP) is 2.32. The first-order chi connectivity index (χ1) is 8.45. The summed E-state index contributed by atoms with van der Waals surface area (Å²) in [6.45, 7) is 2.77. The number of anilines is 2. The lowest BCUT2D eigenvalue weighted by Crippen LogP contribution is -2.28. The molecule has 1 heterocycles. The molecule has 100 valence electrons. The standard InChI is InChI=1S/C11H16Cl2N4O/c1-4-14-10-7(12)5-8(13)11(16-10)15-6-9(18)17(2)3/h5H,4,6H2,1-3H3,(H2,14,15,16). The van der Waals surface area contributed by atoms with E-state index in [1.165, 1.54) is 4.90 Å². The zero-order valence-electron chi connectivity index (χ0n) is 10.6. The number of hydrogen-bond donors (Lipinski definition) is 2. The van der Waals surface area contributed by atoms with Gasteiger partial charge in [0.1, 0.15) is 11.6 Å². The third kappa shape index (κ3) is 3.92. The van der Waals surface area contributed by atoms with E-state index >= 15 is 0 Å². The number of nitrogens with one attached hydrogen (secondary N) is 2. The van der Waals surface area contributed by atoms with Gasteiger partial charge in [0, 0.05) is 20.6 Å². The molecule has 0 aromatic carbocycles. The lowest BCUT2D eigenvalue weighted by Gasteiger charge is -2.13. The summed E-state index contributed by atoms with van der Waals surface area (Å²) in [6, 6.07) is 1.59. The number of nitrogens with zero attached hydrogens (tertiary/aromatic N) is 2. The number of halogens is 2. The summed E-state index contributed by atoms with van der Waals surface area (Å²) in [7, 11) is 3.37. The fraction of sp³-hybridized carbons (Fsp3) is 0.455. The van der Waals surface area contributed by atoms with Crippen LogP contribution in [0.25, 0.3) is 0 Å². The van der Waals surface area contributed by atoms with Gasteiger partial charge in [-0.1, -0.05) is 23.2 Å². The smallest absolute Gasteiger partial charge is 0.241 e. The average molecular weight is 291 g/mol. The highest BCUT2D eigenvalue weighted by atomic mass is 35.5. The quantitative estimate of drug-likeness (QED) is 0.874. The Labute approximate surface area is 116 Å². The van der Waals surface area contributed by atoms with Crippen molar-refractivity contribution in [2.24, 2.45) is 0 Å². The van der Waals surface area contributed by atoms with Crippen LogP contribution in [0.15, 0.2) is 6.07 Å². The van der Waals surface area contributed by atoms with Crippen molar-refractivity contribution in [2.75, 3.05) is 37.8 Å². The number of likely N-dealkylation sites (N-methyl/N-ethyl adjacent to an activating group) is 1. The van der Waals surface area contributed by atoms with Crippen molar-refractivity contribution in [3.8, 4) is 0 Å². The SMILES string of the molecule is CCNc1nc(NCC(=O)N(C)C)c(Cl)cc1Cl. The first-order valence-corrected chi connectivity index (χ1v) is 6.25. The number of rotatable bonds is 5. The molecule has 1 aromatic heterocycles. The Morgan fingerprint density at radius 3 is 2.33 bits per heavy atom. The molecule has 18 heavy (non-hydrogen) atoms. The Hall–Kier alpha value is -1.20. The molecule has 1 aromatic rings. The van der Waals surface area contributed by atoms with Gasteiger partial charge >= 0.3 is 0 Å². The number of aromatic nitrogens is 1. The van der Waals surface area contributed by atoms with E-state index in [1.54, 1.807) is 20.2 Å². The maximum atomic E-state index is 11.5. The summed E-state index contributed by atoms with van der Waals surface area (Å²) in [4.78, 5) is 17.2. The average Bonchev–Trinajstić information content (AvgIpc) is 2.30. The van der Waals surface area contributed by atoms with Gasteiger partial charge in [-0.2, -0.15) is 0 Å². The van der Waals surface area contributed by atoms with Crippen LogP contribution >= 0.6 is 23.2 Å². The van der Waals surface area contributed by atoms with E-state index in [1.807, 2.05) is 6.92 Å². The first kappa shape index (κ1) is 14.9. The number of hydrogen-bond acceptors (Lipinski definition) is 4. The van der Waals surface area contributed by atoms with Crippen molar-refractivity contribution >= 4 is 40.7 Å². The fourth-order valence-electron chi connectivity index (χ4n) is 1.20. The molecule has 1 rings (SSSR count). The van der Waals surface area contributed by atoms with Crippen molar-refractivity contribution in [2.45, 2.75) is 6.92 Å². The molecule has 2 N–H and O–H groups in total. The molecule has 0 aliphatic carbocycles. The highest BCUT2D eigenvalue weighted by Crippen LogP contribution is 2.28. The van der Waals surface area contributed by atoms with E-state index in [4.69, 9.17) is 23.2 Å². The molecule has 0 bridgehead atoms. The lowest BCUT2D eigenvalue weighted by atomic mass is 10.4. The summed E-state index contributed by atoms with van der Waals surface area (Å²) in [6.07, 6.45) is 0. The van der Waals surface area contributed by atoms with Gasteiger partial charge in [-0.25, -0.2) is 4.98 Å². The van der Waals surface area contributed by atoms with Crippen molar-refractivity contribution in [3.63, 3.8) is 0 Å². The van der Waals surface area contributed by atoms with Crippen LogP contribution in [-0.2, 0) is 4.79 Å². The maximum Gasteiger partial charge on any atom is 0.241 e. The van der Waals surface area contributed by atoms with Crippen LogP contribution in [0.3, 0.4) is 0 Å².